The molecule has 1 aromatic heterocycles. The van der Waals surface area contributed by atoms with Gasteiger partial charge in [-0.25, -0.2) is 9.97 Å². The van der Waals surface area contributed by atoms with Crippen LogP contribution in [0.3, 0.4) is 0 Å². The van der Waals surface area contributed by atoms with E-state index in [1.807, 2.05) is 6.92 Å². The molecular formula is C15H27N3O. The number of nitrogens with one attached hydrogen (secondary N) is 1. The molecule has 0 amide bonds. The van der Waals surface area contributed by atoms with Gasteiger partial charge in [0.25, 0.3) is 0 Å². The number of ether oxygens (including phenoxy) is 1. The van der Waals surface area contributed by atoms with E-state index in [9.17, 15) is 0 Å². The van der Waals surface area contributed by atoms with Crippen molar-refractivity contribution in [1.29, 1.82) is 0 Å². The van der Waals surface area contributed by atoms with E-state index in [1.54, 1.807) is 7.11 Å². The second-order valence-electron chi connectivity index (χ2n) is 4.96. The lowest BCUT2D eigenvalue weighted by Gasteiger charge is -2.14. The number of hydrogen-bond donors (Lipinski definition) is 1. The van der Waals surface area contributed by atoms with Gasteiger partial charge in [-0.2, -0.15) is 0 Å². The molecule has 0 aliphatic heterocycles. The third kappa shape index (κ3) is 4.88. The molecule has 0 saturated carbocycles. The van der Waals surface area contributed by atoms with Gasteiger partial charge < -0.3 is 10.1 Å². The molecule has 1 N–H and O–H groups in total. The number of aryl methyl sites for hydroxylation is 2. The number of hydrogen-bond acceptors (Lipinski definition) is 4. The first-order valence-electron chi connectivity index (χ1n) is 7.17. The van der Waals surface area contributed by atoms with E-state index in [0.717, 1.165) is 43.1 Å². The Balaban J connectivity index is 2.64. The zero-order valence-corrected chi connectivity index (χ0v) is 12.9. The van der Waals surface area contributed by atoms with E-state index in [1.165, 1.54) is 12.0 Å². The summed E-state index contributed by atoms with van der Waals surface area (Å²) < 4.78 is 5.28. The van der Waals surface area contributed by atoms with Crippen LogP contribution in [0.1, 0.15) is 55.6 Å². The van der Waals surface area contributed by atoms with Gasteiger partial charge in [0.1, 0.15) is 6.10 Å². The smallest absolute Gasteiger partial charge is 0.157 e. The van der Waals surface area contributed by atoms with Gasteiger partial charge in [0.15, 0.2) is 5.82 Å². The molecule has 0 radical (unpaired) electrons. The Morgan fingerprint density at radius 1 is 1.16 bits per heavy atom. The van der Waals surface area contributed by atoms with Gasteiger partial charge in [-0.05, 0) is 58.7 Å². The van der Waals surface area contributed by atoms with Gasteiger partial charge in [-0.3, -0.25) is 0 Å². The standard InChI is InChI=1S/C15H27N3O/c1-6-9-16-10-7-8-14-11(2)17-15(13(4)19-5)18-12(14)3/h13,16H,6-10H2,1-5H3. The lowest BCUT2D eigenvalue weighted by atomic mass is 10.1. The Labute approximate surface area is 117 Å². The third-order valence-electron chi connectivity index (χ3n) is 3.36. The van der Waals surface area contributed by atoms with E-state index in [-0.39, 0.29) is 6.10 Å². The first-order chi connectivity index (χ1) is 9.10. The fourth-order valence-electron chi connectivity index (χ4n) is 2.11. The topological polar surface area (TPSA) is 47.0 Å². The predicted molar refractivity (Wildman–Crippen MR) is 78.4 cm³/mol. The number of rotatable bonds is 8. The fourth-order valence-corrected chi connectivity index (χ4v) is 2.11. The quantitative estimate of drug-likeness (QED) is 0.734. The molecule has 0 spiro atoms. The summed E-state index contributed by atoms with van der Waals surface area (Å²) in [6.07, 6.45) is 3.31. The van der Waals surface area contributed by atoms with Crippen LogP contribution in [0.4, 0.5) is 0 Å². The molecule has 4 heteroatoms. The predicted octanol–water partition coefficient (Wildman–Crippen LogP) is 2.73. The summed E-state index contributed by atoms with van der Waals surface area (Å²) in [7, 11) is 1.69. The van der Waals surface area contributed by atoms with Crippen molar-refractivity contribution in [2.45, 2.75) is 53.1 Å². The van der Waals surface area contributed by atoms with Crippen LogP contribution in [0.5, 0.6) is 0 Å². The van der Waals surface area contributed by atoms with Crippen molar-refractivity contribution in [2.75, 3.05) is 20.2 Å². The summed E-state index contributed by atoms with van der Waals surface area (Å²) in [5.41, 5.74) is 3.45. The maximum atomic E-state index is 5.28. The summed E-state index contributed by atoms with van der Waals surface area (Å²) in [5, 5.41) is 3.42. The Morgan fingerprint density at radius 3 is 2.32 bits per heavy atom. The van der Waals surface area contributed by atoms with Crippen LogP contribution in [0.25, 0.3) is 0 Å². The average molecular weight is 265 g/mol. The molecule has 19 heavy (non-hydrogen) atoms. The molecule has 1 heterocycles. The molecule has 108 valence electrons. The molecular weight excluding hydrogens is 238 g/mol. The van der Waals surface area contributed by atoms with Crippen molar-refractivity contribution in [1.82, 2.24) is 15.3 Å². The molecule has 0 bridgehead atoms. The Kier molecular flexibility index (Phi) is 6.95. The van der Waals surface area contributed by atoms with Gasteiger partial charge >= 0.3 is 0 Å². The minimum absolute atomic E-state index is 0.0438. The monoisotopic (exact) mass is 265 g/mol. The number of methoxy groups -OCH3 is 1. The van der Waals surface area contributed by atoms with Crippen LogP contribution in [0.2, 0.25) is 0 Å². The van der Waals surface area contributed by atoms with Crippen molar-refractivity contribution >= 4 is 0 Å². The fraction of sp³-hybridized carbons (Fsp3) is 0.733. The van der Waals surface area contributed by atoms with Gasteiger partial charge in [-0.1, -0.05) is 6.92 Å². The van der Waals surface area contributed by atoms with E-state index < -0.39 is 0 Å². The lowest BCUT2D eigenvalue weighted by molar-refractivity contribution is 0.111. The van der Waals surface area contributed by atoms with E-state index in [4.69, 9.17) is 4.74 Å². The van der Waals surface area contributed by atoms with E-state index in [0.29, 0.717) is 0 Å². The molecule has 0 saturated heterocycles. The normalized spacial score (nSPS) is 12.7. The van der Waals surface area contributed by atoms with Crippen LogP contribution in [0, 0.1) is 13.8 Å². The summed E-state index contributed by atoms with van der Waals surface area (Å²) in [5.74, 6) is 0.783. The molecule has 1 rings (SSSR count). The van der Waals surface area contributed by atoms with Gasteiger partial charge in [0, 0.05) is 18.5 Å². The van der Waals surface area contributed by atoms with Crippen molar-refractivity contribution < 1.29 is 4.74 Å². The molecule has 1 aromatic rings. The second kappa shape index (κ2) is 8.23. The van der Waals surface area contributed by atoms with Crippen LogP contribution < -0.4 is 5.32 Å². The summed E-state index contributed by atoms with van der Waals surface area (Å²) in [4.78, 5) is 9.13. The summed E-state index contributed by atoms with van der Waals surface area (Å²) >= 11 is 0. The van der Waals surface area contributed by atoms with E-state index >= 15 is 0 Å². The highest BCUT2D eigenvalue weighted by Gasteiger charge is 2.12. The molecule has 0 aliphatic rings. The average Bonchev–Trinajstić information content (AvgIpc) is 2.40. The van der Waals surface area contributed by atoms with Crippen molar-refractivity contribution in [3.05, 3.63) is 22.8 Å². The summed E-state index contributed by atoms with van der Waals surface area (Å²) in [6.45, 7) is 10.4. The van der Waals surface area contributed by atoms with Gasteiger partial charge in [0.2, 0.25) is 0 Å². The van der Waals surface area contributed by atoms with Crippen molar-refractivity contribution in [3.63, 3.8) is 0 Å². The van der Waals surface area contributed by atoms with Crippen LogP contribution in [-0.4, -0.2) is 30.2 Å². The van der Waals surface area contributed by atoms with Crippen molar-refractivity contribution in [3.8, 4) is 0 Å². The highest BCUT2D eigenvalue weighted by Crippen LogP contribution is 2.17. The first kappa shape index (κ1) is 16.1. The number of aromatic nitrogens is 2. The molecule has 0 aromatic carbocycles. The van der Waals surface area contributed by atoms with Crippen LogP contribution in [0.15, 0.2) is 0 Å². The van der Waals surface area contributed by atoms with Crippen LogP contribution in [-0.2, 0) is 11.2 Å². The Hall–Kier alpha value is -1.00. The van der Waals surface area contributed by atoms with Crippen LogP contribution >= 0.6 is 0 Å². The Bertz CT molecular complexity index is 370. The van der Waals surface area contributed by atoms with Crippen molar-refractivity contribution in [2.24, 2.45) is 0 Å². The molecule has 4 nitrogen and oxygen atoms in total. The first-order valence-corrected chi connectivity index (χ1v) is 7.17. The number of nitrogens with zero attached hydrogens (tertiary/aromatic N) is 2. The van der Waals surface area contributed by atoms with E-state index in [2.05, 4.69) is 36.1 Å². The summed E-state index contributed by atoms with van der Waals surface area (Å²) in [6, 6.07) is 0. The molecule has 1 unspecified atom stereocenters. The highest BCUT2D eigenvalue weighted by molar-refractivity contribution is 5.24. The highest BCUT2D eigenvalue weighted by atomic mass is 16.5. The Morgan fingerprint density at radius 2 is 1.79 bits per heavy atom. The van der Waals surface area contributed by atoms with Gasteiger partial charge in [-0.15, -0.1) is 0 Å². The lowest BCUT2D eigenvalue weighted by Crippen LogP contribution is -2.17. The minimum Gasteiger partial charge on any atom is -0.374 e. The van der Waals surface area contributed by atoms with Gasteiger partial charge in [0.05, 0.1) is 0 Å². The third-order valence-corrected chi connectivity index (χ3v) is 3.36. The second-order valence-corrected chi connectivity index (χ2v) is 4.96. The molecule has 0 fully saturated rings. The SMILES string of the molecule is CCCNCCCc1c(C)nc(C(C)OC)nc1C. The molecule has 0 aliphatic carbocycles. The minimum atomic E-state index is -0.0438. The maximum absolute atomic E-state index is 5.28. The maximum Gasteiger partial charge on any atom is 0.157 e. The largest absolute Gasteiger partial charge is 0.374 e. The molecule has 1 atom stereocenters. The zero-order valence-electron chi connectivity index (χ0n) is 12.9. The zero-order chi connectivity index (χ0) is 14.3.